The van der Waals surface area contributed by atoms with E-state index in [1.54, 1.807) is 6.07 Å². The maximum Gasteiger partial charge on any atom is 0.573 e. The molecule has 0 aliphatic carbocycles. The summed E-state index contributed by atoms with van der Waals surface area (Å²) >= 11 is 0. The van der Waals surface area contributed by atoms with Gasteiger partial charge in [-0.25, -0.2) is 0 Å². The molecule has 2 N–H and O–H groups in total. The number of carbonyl (C=O) groups is 1. The highest BCUT2D eigenvalue weighted by Gasteiger charge is 2.31. The summed E-state index contributed by atoms with van der Waals surface area (Å²) in [6.45, 7) is 6.65. The van der Waals surface area contributed by atoms with Crippen molar-refractivity contribution in [1.82, 2.24) is 4.57 Å². The smallest absolute Gasteiger partial charge is 0.406 e. The van der Waals surface area contributed by atoms with Crippen LogP contribution in [-0.4, -0.2) is 16.8 Å². The van der Waals surface area contributed by atoms with E-state index in [0.717, 1.165) is 37.2 Å². The number of hydrogen-bond donors (Lipinski definition) is 1. The molecular formula is C20H25F3N2O2. The molecule has 0 fully saturated rings. The molecule has 148 valence electrons. The van der Waals surface area contributed by atoms with Crippen molar-refractivity contribution in [2.45, 2.75) is 59.4 Å². The minimum atomic E-state index is -4.78. The summed E-state index contributed by atoms with van der Waals surface area (Å²) in [5.41, 5.74) is 8.76. The lowest BCUT2D eigenvalue weighted by molar-refractivity contribution is -0.274. The fraction of sp³-hybridized carbons (Fsp3) is 0.450. The molecule has 0 spiro atoms. The SMILES string of the molecule is CCCCn1c(C)c(C(N)=O)c(-c2cccc(OC(F)(F)F)c2)c1CCC. The van der Waals surface area contributed by atoms with Gasteiger partial charge in [-0.1, -0.05) is 38.8 Å². The molecule has 1 amide bonds. The molecule has 2 aromatic rings. The Morgan fingerprint density at radius 1 is 1.22 bits per heavy atom. The van der Waals surface area contributed by atoms with Crippen LogP contribution in [0.4, 0.5) is 13.2 Å². The summed E-state index contributed by atoms with van der Waals surface area (Å²) in [5.74, 6) is -0.908. The predicted octanol–water partition coefficient (Wildman–Crippen LogP) is 5.21. The minimum absolute atomic E-state index is 0.322. The lowest BCUT2D eigenvalue weighted by atomic mass is 9.98. The average Bonchev–Trinajstić information content (AvgIpc) is 2.84. The second-order valence-corrected chi connectivity index (χ2v) is 6.48. The van der Waals surface area contributed by atoms with Crippen molar-refractivity contribution in [3.63, 3.8) is 0 Å². The Morgan fingerprint density at radius 2 is 1.93 bits per heavy atom. The molecule has 7 heteroatoms. The normalized spacial score (nSPS) is 11.6. The van der Waals surface area contributed by atoms with Gasteiger partial charge in [-0.05, 0) is 37.5 Å². The number of nitrogens with two attached hydrogens (primary N) is 1. The quantitative estimate of drug-likeness (QED) is 0.681. The van der Waals surface area contributed by atoms with E-state index in [9.17, 15) is 18.0 Å². The van der Waals surface area contributed by atoms with E-state index in [4.69, 9.17) is 5.73 Å². The number of nitrogens with zero attached hydrogens (tertiary/aromatic N) is 1. The lowest BCUT2D eigenvalue weighted by Crippen LogP contribution is -2.17. The summed E-state index contributed by atoms with van der Waals surface area (Å²) < 4.78 is 43.9. The maximum atomic E-state index is 12.6. The highest BCUT2D eigenvalue weighted by Crippen LogP contribution is 2.36. The Morgan fingerprint density at radius 3 is 2.48 bits per heavy atom. The second-order valence-electron chi connectivity index (χ2n) is 6.48. The third kappa shape index (κ3) is 4.84. The van der Waals surface area contributed by atoms with E-state index in [0.29, 0.717) is 23.1 Å². The number of benzene rings is 1. The molecule has 1 aromatic carbocycles. The molecule has 0 saturated carbocycles. The summed E-state index contributed by atoms with van der Waals surface area (Å²) in [7, 11) is 0. The molecular weight excluding hydrogens is 357 g/mol. The summed E-state index contributed by atoms with van der Waals surface area (Å²) in [4.78, 5) is 12.2. The average molecular weight is 382 g/mol. The van der Waals surface area contributed by atoms with E-state index in [1.165, 1.54) is 18.2 Å². The summed E-state index contributed by atoms with van der Waals surface area (Å²) in [6, 6.07) is 5.70. The van der Waals surface area contributed by atoms with E-state index in [2.05, 4.69) is 16.2 Å². The van der Waals surface area contributed by atoms with Gasteiger partial charge in [0, 0.05) is 23.5 Å². The highest BCUT2D eigenvalue weighted by molar-refractivity contribution is 6.02. The lowest BCUT2D eigenvalue weighted by Gasteiger charge is -2.13. The standard InChI is InChI=1S/C20H25F3N2O2/c1-4-6-11-25-13(3)17(19(24)26)18(16(25)8-5-2)14-9-7-10-15(12-14)27-20(21,22)23/h7,9-10,12H,4-6,8,11H2,1-3H3,(H2,24,26). The first kappa shape index (κ1) is 20.9. The van der Waals surface area contributed by atoms with Crippen LogP contribution in [0.15, 0.2) is 24.3 Å². The monoisotopic (exact) mass is 382 g/mol. The van der Waals surface area contributed by atoms with Gasteiger partial charge >= 0.3 is 6.36 Å². The van der Waals surface area contributed by atoms with Gasteiger partial charge in [0.15, 0.2) is 0 Å². The van der Waals surface area contributed by atoms with Gasteiger partial charge in [0.25, 0.3) is 5.91 Å². The Bertz CT molecular complexity index is 810. The summed E-state index contributed by atoms with van der Waals surface area (Å²) in [5, 5.41) is 0. The van der Waals surface area contributed by atoms with Crippen molar-refractivity contribution in [1.29, 1.82) is 0 Å². The van der Waals surface area contributed by atoms with Crippen molar-refractivity contribution in [2.24, 2.45) is 5.73 Å². The van der Waals surface area contributed by atoms with Gasteiger partial charge < -0.3 is 15.0 Å². The van der Waals surface area contributed by atoms with Crippen molar-refractivity contribution < 1.29 is 22.7 Å². The highest BCUT2D eigenvalue weighted by atomic mass is 19.4. The topological polar surface area (TPSA) is 57.2 Å². The number of aromatic nitrogens is 1. The minimum Gasteiger partial charge on any atom is -0.406 e. The Labute approximate surface area is 157 Å². The zero-order valence-corrected chi connectivity index (χ0v) is 15.8. The molecule has 27 heavy (non-hydrogen) atoms. The number of ether oxygens (including phenoxy) is 1. The molecule has 0 saturated heterocycles. The molecule has 0 atom stereocenters. The van der Waals surface area contributed by atoms with Gasteiger partial charge in [-0.15, -0.1) is 13.2 Å². The number of unbranched alkanes of at least 4 members (excludes halogenated alkanes) is 1. The number of rotatable bonds is 8. The number of amides is 1. The predicted molar refractivity (Wildman–Crippen MR) is 98.7 cm³/mol. The fourth-order valence-electron chi connectivity index (χ4n) is 3.37. The fourth-order valence-corrected chi connectivity index (χ4v) is 3.37. The zero-order chi connectivity index (χ0) is 20.2. The van der Waals surface area contributed by atoms with E-state index in [-0.39, 0.29) is 5.75 Å². The second kappa shape index (κ2) is 8.50. The number of primary amides is 1. The summed E-state index contributed by atoms with van der Waals surface area (Å²) in [6.07, 6.45) is -1.34. The Kier molecular flexibility index (Phi) is 6.57. The largest absolute Gasteiger partial charge is 0.573 e. The number of hydrogen-bond acceptors (Lipinski definition) is 2. The van der Waals surface area contributed by atoms with Gasteiger partial charge in [0.2, 0.25) is 0 Å². The Hall–Kier alpha value is -2.44. The van der Waals surface area contributed by atoms with E-state index < -0.39 is 12.3 Å². The number of halogens is 3. The molecule has 0 radical (unpaired) electrons. The van der Waals surface area contributed by atoms with Crippen molar-refractivity contribution in [3.8, 4) is 16.9 Å². The molecule has 2 rings (SSSR count). The number of carbonyl (C=O) groups excluding carboxylic acids is 1. The first-order valence-electron chi connectivity index (χ1n) is 9.07. The van der Waals surface area contributed by atoms with Crippen molar-refractivity contribution in [2.75, 3.05) is 0 Å². The van der Waals surface area contributed by atoms with Crippen molar-refractivity contribution in [3.05, 3.63) is 41.2 Å². The van der Waals surface area contributed by atoms with Crippen LogP contribution in [0.2, 0.25) is 0 Å². The maximum absolute atomic E-state index is 12.6. The van der Waals surface area contributed by atoms with Gasteiger partial charge in [-0.2, -0.15) is 0 Å². The van der Waals surface area contributed by atoms with Gasteiger partial charge in [0.05, 0.1) is 5.56 Å². The molecule has 1 heterocycles. The van der Waals surface area contributed by atoms with Gasteiger partial charge in [0.1, 0.15) is 5.75 Å². The van der Waals surface area contributed by atoms with Crippen LogP contribution in [0, 0.1) is 6.92 Å². The first-order chi connectivity index (χ1) is 12.7. The van der Waals surface area contributed by atoms with Crippen LogP contribution in [0.5, 0.6) is 5.75 Å². The molecule has 0 aliphatic heterocycles. The van der Waals surface area contributed by atoms with Crippen LogP contribution >= 0.6 is 0 Å². The van der Waals surface area contributed by atoms with E-state index >= 15 is 0 Å². The van der Waals surface area contributed by atoms with Crippen LogP contribution in [-0.2, 0) is 13.0 Å². The molecule has 1 aromatic heterocycles. The first-order valence-corrected chi connectivity index (χ1v) is 9.07. The molecule has 0 unspecified atom stereocenters. The number of alkyl halides is 3. The molecule has 0 bridgehead atoms. The molecule has 0 aliphatic rings. The van der Waals surface area contributed by atoms with Crippen LogP contribution < -0.4 is 10.5 Å². The zero-order valence-electron chi connectivity index (χ0n) is 15.8. The van der Waals surface area contributed by atoms with Gasteiger partial charge in [-0.3, -0.25) is 4.79 Å². The Balaban J connectivity index is 2.67. The van der Waals surface area contributed by atoms with E-state index in [1.807, 2.05) is 13.8 Å². The van der Waals surface area contributed by atoms with Crippen molar-refractivity contribution >= 4 is 5.91 Å². The van der Waals surface area contributed by atoms with Crippen LogP contribution in [0.1, 0.15) is 54.9 Å². The third-order valence-electron chi connectivity index (χ3n) is 4.46. The molecule has 4 nitrogen and oxygen atoms in total. The van der Waals surface area contributed by atoms with Crippen LogP contribution in [0.3, 0.4) is 0 Å². The third-order valence-corrected chi connectivity index (χ3v) is 4.46. The van der Waals surface area contributed by atoms with Crippen LogP contribution in [0.25, 0.3) is 11.1 Å².